The Bertz CT molecular complexity index is 504. The van der Waals surface area contributed by atoms with E-state index in [0.717, 1.165) is 38.5 Å². The first-order chi connectivity index (χ1) is 10.0. The maximum absolute atomic E-state index is 13.4. The molecule has 5 heteroatoms. The summed E-state index contributed by atoms with van der Waals surface area (Å²) in [4.78, 5) is 18.4. The number of carbonyl (C=O) groups is 1. The molecule has 21 heavy (non-hydrogen) atoms. The summed E-state index contributed by atoms with van der Waals surface area (Å²) in [7, 11) is 1.69. The molecule has 1 aliphatic rings. The molecule has 1 aromatic heterocycles. The second-order valence-corrected chi connectivity index (χ2v) is 6.03. The number of aromatic nitrogens is 1. The van der Waals surface area contributed by atoms with Crippen LogP contribution in [-0.2, 0) is 0 Å². The number of nitrogens with zero attached hydrogens (tertiary/aromatic N) is 2. The molecule has 0 radical (unpaired) electrons. The van der Waals surface area contributed by atoms with Crippen LogP contribution in [0.4, 0.5) is 10.2 Å². The summed E-state index contributed by atoms with van der Waals surface area (Å²) in [6, 6.07) is 1.27. The van der Waals surface area contributed by atoms with Gasteiger partial charge in [0.1, 0.15) is 11.6 Å². The van der Waals surface area contributed by atoms with Gasteiger partial charge in [0.25, 0.3) is 5.91 Å². The van der Waals surface area contributed by atoms with E-state index < -0.39 is 5.82 Å². The molecule has 1 fully saturated rings. The fourth-order valence-corrected chi connectivity index (χ4v) is 2.96. The third kappa shape index (κ3) is 3.71. The monoisotopic (exact) mass is 293 g/mol. The van der Waals surface area contributed by atoms with Crippen LogP contribution in [-0.4, -0.2) is 35.9 Å². The molecule has 0 aliphatic carbocycles. The number of nitrogens with one attached hydrogen (secondary N) is 1. The number of hydrogen-bond acceptors (Lipinski definition) is 3. The highest BCUT2D eigenvalue weighted by Gasteiger charge is 2.25. The number of amides is 1. The van der Waals surface area contributed by atoms with E-state index in [1.165, 1.54) is 6.07 Å². The number of carbonyl (C=O) groups excluding carboxylic acids is 1. The average molecular weight is 293 g/mol. The second-order valence-electron chi connectivity index (χ2n) is 6.03. The van der Waals surface area contributed by atoms with Crippen molar-refractivity contribution in [2.75, 3.05) is 25.5 Å². The smallest absolute Gasteiger partial charge is 0.257 e. The molecule has 116 valence electrons. The third-order valence-electron chi connectivity index (χ3n) is 4.32. The van der Waals surface area contributed by atoms with Crippen molar-refractivity contribution >= 4 is 11.7 Å². The maximum atomic E-state index is 13.4. The van der Waals surface area contributed by atoms with Crippen molar-refractivity contribution in [1.29, 1.82) is 0 Å². The topological polar surface area (TPSA) is 45.2 Å². The van der Waals surface area contributed by atoms with E-state index in [2.05, 4.69) is 24.1 Å². The predicted molar refractivity (Wildman–Crippen MR) is 81.8 cm³/mol. The van der Waals surface area contributed by atoms with Gasteiger partial charge >= 0.3 is 0 Å². The van der Waals surface area contributed by atoms with E-state index in [9.17, 15) is 9.18 Å². The SMILES string of the molecule is CNc1ncc(F)cc1C(=O)N1CCCC(C(C)C)CC1. The van der Waals surface area contributed by atoms with Gasteiger partial charge in [-0.25, -0.2) is 9.37 Å². The molecule has 4 nitrogen and oxygen atoms in total. The quantitative estimate of drug-likeness (QED) is 0.931. The molecule has 1 N–H and O–H groups in total. The van der Waals surface area contributed by atoms with Gasteiger partial charge in [-0.2, -0.15) is 0 Å². The van der Waals surface area contributed by atoms with E-state index in [0.29, 0.717) is 23.2 Å². The standard InChI is InChI=1S/C16H24FN3O/c1-11(2)12-5-4-7-20(8-6-12)16(21)14-9-13(17)10-19-15(14)18-3/h9-12H,4-8H2,1-3H3,(H,18,19). The van der Waals surface area contributed by atoms with Gasteiger partial charge in [0.15, 0.2) is 0 Å². The number of halogens is 1. The lowest BCUT2D eigenvalue weighted by atomic mass is 9.89. The van der Waals surface area contributed by atoms with Gasteiger partial charge in [-0.05, 0) is 37.2 Å². The zero-order valence-corrected chi connectivity index (χ0v) is 13.0. The van der Waals surface area contributed by atoms with Gasteiger partial charge in [0, 0.05) is 20.1 Å². The number of hydrogen-bond donors (Lipinski definition) is 1. The van der Waals surface area contributed by atoms with Crippen LogP contribution in [0.3, 0.4) is 0 Å². The van der Waals surface area contributed by atoms with Gasteiger partial charge in [0.2, 0.25) is 0 Å². The summed E-state index contributed by atoms with van der Waals surface area (Å²) in [6.07, 6.45) is 4.30. The van der Waals surface area contributed by atoms with Gasteiger partial charge in [-0.1, -0.05) is 13.8 Å². The Balaban J connectivity index is 2.15. The fourth-order valence-electron chi connectivity index (χ4n) is 2.96. The van der Waals surface area contributed by atoms with Crippen LogP contribution in [0.15, 0.2) is 12.3 Å². The Kier molecular flexibility index (Phi) is 5.15. The second kappa shape index (κ2) is 6.87. The largest absolute Gasteiger partial charge is 0.372 e. The van der Waals surface area contributed by atoms with Crippen molar-refractivity contribution in [2.45, 2.75) is 33.1 Å². The highest BCUT2D eigenvalue weighted by atomic mass is 19.1. The van der Waals surface area contributed by atoms with Gasteiger partial charge in [-0.15, -0.1) is 0 Å². The number of likely N-dealkylation sites (tertiary alicyclic amines) is 1. The Hall–Kier alpha value is -1.65. The molecule has 1 amide bonds. The van der Waals surface area contributed by atoms with Gasteiger partial charge < -0.3 is 10.2 Å². The van der Waals surface area contributed by atoms with E-state index in [-0.39, 0.29) is 5.91 Å². The van der Waals surface area contributed by atoms with Crippen molar-refractivity contribution < 1.29 is 9.18 Å². The van der Waals surface area contributed by atoms with Crippen molar-refractivity contribution in [3.05, 3.63) is 23.6 Å². The molecule has 0 aromatic carbocycles. The molecule has 1 aliphatic heterocycles. The van der Waals surface area contributed by atoms with Crippen LogP contribution in [0, 0.1) is 17.7 Å². The van der Waals surface area contributed by atoms with E-state index in [4.69, 9.17) is 0 Å². The molecule has 1 saturated heterocycles. The molecule has 1 atom stereocenters. The molecular formula is C16H24FN3O. The lowest BCUT2D eigenvalue weighted by Gasteiger charge is -2.22. The van der Waals surface area contributed by atoms with Gasteiger partial charge in [-0.3, -0.25) is 4.79 Å². The van der Waals surface area contributed by atoms with Crippen LogP contribution in [0.1, 0.15) is 43.5 Å². The molecule has 2 heterocycles. The van der Waals surface area contributed by atoms with Crippen LogP contribution in [0.5, 0.6) is 0 Å². The van der Waals surface area contributed by atoms with E-state index >= 15 is 0 Å². The zero-order chi connectivity index (χ0) is 15.4. The number of anilines is 1. The minimum absolute atomic E-state index is 0.129. The predicted octanol–water partition coefficient (Wildman–Crippen LogP) is 3.16. The molecule has 2 rings (SSSR count). The summed E-state index contributed by atoms with van der Waals surface area (Å²) < 4.78 is 13.4. The van der Waals surface area contributed by atoms with Crippen molar-refractivity contribution in [1.82, 2.24) is 9.88 Å². The Labute approximate surface area is 125 Å². The Morgan fingerprint density at radius 2 is 2.19 bits per heavy atom. The lowest BCUT2D eigenvalue weighted by molar-refractivity contribution is 0.0759. The summed E-state index contributed by atoms with van der Waals surface area (Å²) in [5.74, 6) is 1.13. The molecule has 1 unspecified atom stereocenters. The summed E-state index contributed by atoms with van der Waals surface area (Å²) in [6.45, 7) is 5.94. The van der Waals surface area contributed by atoms with Gasteiger partial charge in [0.05, 0.1) is 11.8 Å². The first-order valence-electron chi connectivity index (χ1n) is 7.65. The molecule has 0 spiro atoms. The van der Waals surface area contributed by atoms with Crippen LogP contribution < -0.4 is 5.32 Å². The highest BCUT2D eigenvalue weighted by molar-refractivity contribution is 5.98. The van der Waals surface area contributed by atoms with Crippen molar-refractivity contribution in [2.24, 2.45) is 11.8 Å². The van der Waals surface area contributed by atoms with Crippen LogP contribution in [0.25, 0.3) is 0 Å². The lowest BCUT2D eigenvalue weighted by Crippen LogP contribution is -2.32. The van der Waals surface area contributed by atoms with E-state index in [1.54, 1.807) is 7.05 Å². The normalized spacial score (nSPS) is 19.5. The maximum Gasteiger partial charge on any atom is 0.257 e. The zero-order valence-electron chi connectivity index (χ0n) is 13.0. The summed E-state index contributed by atoms with van der Waals surface area (Å²) in [5, 5.41) is 2.86. The summed E-state index contributed by atoms with van der Waals surface area (Å²) in [5.41, 5.74) is 0.320. The van der Waals surface area contributed by atoms with Crippen LogP contribution >= 0.6 is 0 Å². The minimum atomic E-state index is -0.479. The van der Waals surface area contributed by atoms with Crippen LogP contribution in [0.2, 0.25) is 0 Å². The molecular weight excluding hydrogens is 269 g/mol. The first-order valence-corrected chi connectivity index (χ1v) is 7.65. The molecule has 1 aromatic rings. The Morgan fingerprint density at radius 1 is 1.43 bits per heavy atom. The molecule has 0 saturated carbocycles. The number of rotatable bonds is 3. The average Bonchev–Trinajstić information content (AvgIpc) is 2.72. The van der Waals surface area contributed by atoms with Crippen molar-refractivity contribution in [3.8, 4) is 0 Å². The minimum Gasteiger partial charge on any atom is -0.372 e. The van der Waals surface area contributed by atoms with E-state index in [1.807, 2.05) is 4.90 Å². The highest BCUT2D eigenvalue weighted by Crippen LogP contribution is 2.26. The first kappa shape index (κ1) is 15.7. The summed E-state index contributed by atoms with van der Waals surface area (Å²) >= 11 is 0. The Morgan fingerprint density at radius 3 is 2.86 bits per heavy atom. The number of pyridine rings is 1. The third-order valence-corrected chi connectivity index (χ3v) is 4.32. The molecule has 0 bridgehead atoms. The van der Waals surface area contributed by atoms with Crippen molar-refractivity contribution in [3.63, 3.8) is 0 Å². The fraction of sp³-hybridized carbons (Fsp3) is 0.625.